The van der Waals surface area contributed by atoms with E-state index in [0.717, 1.165) is 27.2 Å². The molecule has 1 aromatic carbocycles. The quantitative estimate of drug-likeness (QED) is 0.858. The van der Waals surface area contributed by atoms with E-state index in [-0.39, 0.29) is 12.4 Å². The Balaban J connectivity index is 0.00000156. The fraction of sp³-hybridized carbons (Fsp3) is 0.133. The number of fused-ring (bicyclic) bond motifs is 2. The molecule has 0 saturated carbocycles. The van der Waals surface area contributed by atoms with Gasteiger partial charge >= 0.3 is 0 Å². The van der Waals surface area contributed by atoms with Crippen molar-refractivity contribution < 1.29 is 4.74 Å². The lowest BCUT2D eigenvalue weighted by atomic mass is 9.99. The average molecular weight is 346 g/mol. The van der Waals surface area contributed by atoms with E-state index in [4.69, 9.17) is 10.5 Å². The Hall–Kier alpha value is -2.40. The highest BCUT2D eigenvalue weighted by atomic mass is 35.5. The summed E-state index contributed by atoms with van der Waals surface area (Å²) >= 11 is 1.55. The van der Waals surface area contributed by atoms with E-state index in [1.165, 1.54) is 0 Å². The number of aromatic nitrogens is 1. The van der Waals surface area contributed by atoms with Gasteiger partial charge in [-0.05, 0) is 24.3 Å². The second-order valence-electron chi connectivity index (χ2n) is 4.87. The SMILES string of the molecule is Cl.N#CC1=C(N)N(c2ccc3ncsc3c2)N=C2COCC=C21. The van der Waals surface area contributed by atoms with Crippen molar-refractivity contribution in [3.63, 3.8) is 0 Å². The van der Waals surface area contributed by atoms with E-state index in [2.05, 4.69) is 16.2 Å². The van der Waals surface area contributed by atoms with Gasteiger partial charge in [0.05, 0.1) is 40.3 Å². The van der Waals surface area contributed by atoms with Crippen LogP contribution in [0.5, 0.6) is 0 Å². The van der Waals surface area contributed by atoms with Gasteiger partial charge in [0.2, 0.25) is 0 Å². The Kier molecular flexibility index (Phi) is 4.05. The van der Waals surface area contributed by atoms with Gasteiger partial charge in [0.1, 0.15) is 17.5 Å². The molecule has 2 aromatic rings. The van der Waals surface area contributed by atoms with Crippen LogP contribution in [0.1, 0.15) is 0 Å². The molecule has 0 radical (unpaired) electrons. The summed E-state index contributed by atoms with van der Waals surface area (Å²) in [6, 6.07) is 7.97. The summed E-state index contributed by atoms with van der Waals surface area (Å²) in [5, 5.41) is 15.6. The molecule has 2 aliphatic rings. The molecule has 3 heterocycles. The Bertz CT molecular complexity index is 908. The molecule has 4 rings (SSSR count). The molecule has 23 heavy (non-hydrogen) atoms. The smallest absolute Gasteiger partial charge is 0.144 e. The van der Waals surface area contributed by atoms with Gasteiger partial charge in [-0.25, -0.2) is 9.99 Å². The lowest BCUT2D eigenvalue weighted by molar-refractivity contribution is 0.199. The number of nitrogens with two attached hydrogens (primary N) is 1. The number of anilines is 1. The molecule has 6 nitrogen and oxygen atoms in total. The first-order valence-corrected chi connectivity index (χ1v) is 7.55. The zero-order valence-corrected chi connectivity index (χ0v) is 13.5. The number of allylic oxidation sites excluding steroid dienone is 1. The van der Waals surface area contributed by atoms with Crippen molar-refractivity contribution >= 4 is 45.4 Å². The minimum absolute atomic E-state index is 0. The van der Waals surface area contributed by atoms with Gasteiger partial charge < -0.3 is 10.5 Å². The number of hydrogen-bond acceptors (Lipinski definition) is 7. The molecular formula is C15H12ClN5OS. The lowest BCUT2D eigenvalue weighted by Gasteiger charge is -2.29. The van der Waals surface area contributed by atoms with E-state index < -0.39 is 0 Å². The molecule has 0 unspecified atom stereocenters. The highest BCUT2D eigenvalue weighted by Gasteiger charge is 2.28. The number of hydrogen-bond donors (Lipinski definition) is 1. The fourth-order valence-electron chi connectivity index (χ4n) is 2.53. The lowest BCUT2D eigenvalue weighted by Crippen LogP contribution is -2.34. The van der Waals surface area contributed by atoms with E-state index >= 15 is 0 Å². The summed E-state index contributed by atoms with van der Waals surface area (Å²) < 4.78 is 6.44. The third-order valence-electron chi connectivity index (χ3n) is 3.60. The maximum atomic E-state index is 9.44. The molecule has 0 aliphatic carbocycles. The Morgan fingerprint density at radius 2 is 2.26 bits per heavy atom. The Morgan fingerprint density at radius 3 is 3.09 bits per heavy atom. The summed E-state index contributed by atoms with van der Waals surface area (Å²) in [6.07, 6.45) is 1.84. The summed E-state index contributed by atoms with van der Waals surface area (Å²) in [5.74, 6) is 0.336. The van der Waals surface area contributed by atoms with Crippen LogP contribution in [-0.2, 0) is 4.74 Å². The predicted molar refractivity (Wildman–Crippen MR) is 92.5 cm³/mol. The second-order valence-corrected chi connectivity index (χ2v) is 5.75. The maximum Gasteiger partial charge on any atom is 0.144 e. The number of nitrogens with zero attached hydrogens (tertiary/aromatic N) is 4. The maximum absolute atomic E-state index is 9.44. The van der Waals surface area contributed by atoms with Crippen molar-refractivity contribution in [2.45, 2.75) is 0 Å². The molecule has 0 atom stereocenters. The number of benzene rings is 1. The number of thiazole rings is 1. The molecule has 0 bridgehead atoms. The third kappa shape index (κ3) is 2.47. The number of rotatable bonds is 1. The molecule has 0 spiro atoms. The normalized spacial score (nSPS) is 17.1. The number of nitriles is 1. The van der Waals surface area contributed by atoms with Crippen molar-refractivity contribution in [1.29, 1.82) is 5.26 Å². The van der Waals surface area contributed by atoms with Crippen LogP contribution in [0.4, 0.5) is 5.69 Å². The van der Waals surface area contributed by atoms with Crippen molar-refractivity contribution in [2.24, 2.45) is 10.8 Å². The van der Waals surface area contributed by atoms with E-state index in [1.54, 1.807) is 21.9 Å². The standard InChI is InChI=1S/C15H11N5OS.ClH/c16-6-11-10-3-4-21-7-13(10)19-20(15(11)17)9-1-2-12-14(5-9)22-8-18-12;/h1-3,5,8H,4,7,17H2;1H. The summed E-state index contributed by atoms with van der Waals surface area (Å²) in [6.45, 7) is 0.850. The molecule has 1 aromatic heterocycles. The van der Waals surface area contributed by atoms with Gasteiger partial charge in [-0.2, -0.15) is 10.4 Å². The number of hydrazone groups is 1. The van der Waals surface area contributed by atoms with Crippen LogP contribution in [0, 0.1) is 11.3 Å². The van der Waals surface area contributed by atoms with Gasteiger partial charge in [0.15, 0.2) is 0 Å². The third-order valence-corrected chi connectivity index (χ3v) is 4.39. The van der Waals surface area contributed by atoms with Crippen molar-refractivity contribution in [1.82, 2.24) is 4.98 Å². The van der Waals surface area contributed by atoms with E-state index in [0.29, 0.717) is 24.6 Å². The monoisotopic (exact) mass is 345 g/mol. The second kappa shape index (κ2) is 6.01. The van der Waals surface area contributed by atoms with Crippen LogP contribution >= 0.6 is 23.7 Å². The van der Waals surface area contributed by atoms with Crippen LogP contribution in [0.2, 0.25) is 0 Å². The number of ether oxygens (including phenoxy) is 1. The average Bonchev–Trinajstić information content (AvgIpc) is 3.02. The molecule has 2 aliphatic heterocycles. The zero-order valence-electron chi connectivity index (χ0n) is 11.9. The minimum atomic E-state index is 0. The fourth-order valence-corrected chi connectivity index (χ4v) is 3.24. The first-order chi connectivity index (χ1) is 10.8. The van der Waals surface area contributed by atoms with Gasteiger partial charge in [-0.15, -0.1) is 23.7 Å². The van der Waals surface area contributed by atoms with Gasteiger partial charge in [0, 0.05) is 5.57 Å². The largest absolute Gasteiger partial charge is 0.383 e. The molecule has 0 amide bonds. The van der Waals surface area contributed by atoms with Crippen LogP contribution in [-0.4, -0.2) is 23.9 Å². The molecule has 0 fully saturated rings. The number of halogens is 1. The summed E-state index contributed by atoms with van der Waals surface area (Å²) in [7, 11) is 0. The van der Waals surface area contributed by atoms with Crippen molar-refractivity contribution in [3.8, 4) is 6.07 Å². The van der Waals surface area contributed by atoms with Crippen LogP contribution < -0.4 is 10.7 Å². The van der Waals surface area contributed by atoms with E-state index in [9.17, 15) is 5.26 Å². The summed E-state index contributed by atoms with van der Waals surface area (Å²) in [4.78, 5) is 4.26. The molecular weight excluding hydrogens is 334 g/mol. The molecule has 0 saturated heterocycles. The van der Waals surface area contributed by atoms with Crippen LogP contribution in [0.15, 0.2) is 51.9 Å². The van der Waals surface area contributed by atoms with Gasteiger partial charge in [0.25, 0.3) is 0 Å². The van der Waals surface area contributed by atoms with Gasteiger partial charge in [-0.3, -0.25) is 0 Å². The first-order valence-electron chi connectivity index (χ1n) is 6.67. The topological polar surface area (TPSA) is 87.5 Å². The molecule has 2 N–H and O–H groups in total. The van der Waals surface area contributed by atoms with Gasteiger partial charge in [-0.1, -0.05) is 0 Å². The van der Waals surface area contributed by atoms with Crippen LogP contribution in [0.25, 0.3) is 10.2 Å². The highest BCUT2D eigenvalue weighted by molar-refractivity contribution is 7.16. The molecule has 116 valence electrons. The Morgan fingerprint density at radius 1 is 1.39 bits per heavy atom. The predicted octanol–water partition coefficient (Wildman–Crippen LogP) is 2.54. The minimum Gasteiger partial charge on any atom is -0.383 e. The summed E-state index contributed by atoms with van der Waals surface area (Å²) in [5.41, 5.74) is 11.7. The highest BCUT2D eigenvalue weighted by Crippen LogP contribution is 2.31. The van der Waals surface area contributed by atoms with Crippen LogP contribution in [0.3, 0.4) is 0 Å². The zero-order chi connectivity index (χ0) is 15.1. The van der Waals surface area contributed by atoms with Crippen molar-refractivity contribution in [3.05, 3.63) is 46.8 Å². The van der Waals surface area contributed by atoms with E-state index in [1.807, 2.05) is 24.3 Å². The Labute approximate surface area is 142 Å². The first kappa shape index (κ1) is 15.5. The molecule has 8 heteroatoms. The van der Waals surface area contributed by atoms with Crippen molar-refractivity contribution in [2.75, 3.05) is 18.2 Å².